The zero-order valence-corrected chi connectivity index (χ0v) is 13.7. The van der Waals surface area contributed by atoms with Crippen molar-refractivity contribution in [2.24, 2.45) is 0 Å². The van der Waals surface area contributed by atoms with Crippen LogP contribution in [0.15, 0.2) is 42.6 Å². The van der Waals surface area contributed by atoms with Gasteiger partial charge in [0.1, 0.15) is 5.69 Å². The molecule has 1 heterocycles. The third-order valence-electron chi connectivity index (χ3n) is 3.77. The maximum atomic E-state index is 12.5. The Bertz CT molecular complexity index is 692. The molecular weight excluding hydrogens is 317 g/mol. The number of carbonyl (C=O) groups is 1. The maximum absolute atomic E-state index is 12.5. The van der Waals surface area contributed by atoms with Gasteiger partial charge in [-0.2, -0.15) is 13.2 Å². The van der Waals surface area contributed by atoms with Crippen molar-refractivity contribution < 1.29 is 18.0 Å². The van der Waals surface area contributed by atoms with Crippen LogP contribution in [0.25, 0.3) is 0 Å². The maximum Gasteiger partial charge on any atom is 0.433 e. The number of rotatable bonds is 4. The number of hydrogen-bond acceptors (Lipinski definition) is 2. The van der Waals surface area contributed by atoms with E-state index in [-0.39, 0.29) is 11.6 Å². The Hall–Kier alpha value is -2.37. The fourth-order valence-electron chi connectivity index (χ4n) is 2.23. The SMILES string of the molecule is CC(C)c1ccc(C(C)NC(=O)c2ccc(C(F)(F)F)nc2)cc1. The average Bonchev–Trinajstić information content (AvgIpc) is 2.54. The Kier molecular flexibility index (Phi) is 5.26. The molecular formula is C18H19F3N2O. The van der Waals surface area contributed by atoms with E-state index < -0.39 is 17.8 Å². The largest absolute Gasteiger partial charge is 0.433 e. The van der Waals surface area contributed by atoms with E-state index >= 15 is 0 Å². The molecule has 0 spiro atoms. The van der Waals surface area contributed by atoms with E-state index in [2.05, 4.69) is 24.1 Å². The minimum absolute atomic E-state index is 0.0913. The molecule has 1 aromatic carbocycles. The summed E-state index contributed by atoms with van der Waals surface area (Å²) in [5.74, 6) is -0.0428. The van der Waals surface area contributed by atoms with Crippen LogP contribution in [-0.2, 0) is 6.18 Å². The normalized spacial score (nSPS) is 13.0. The highest BCUT2D eigenvalue weighted by atomic mass is 19.4. The second-order valence-electron chi connectivity index (χ2n) is 5.95. The van der Waals surface area contributed by atoms with E-state index in [1.807, 2.05) is 31.2 Å². The quantitative estimate of drug-likeness (QED) is 0.878. The predicted octanol–water partition coefficient (Wildman–Crippen LogP) is 4.71. The number of amides is 1. The van der Waals surface area contributed by atoms with Crippen molar-refractivity contribution in [2.75, 3.05) is 0 Å². The van der Waals surface area contributed by atoms with Crippen LogP contribution in [0.5, 0.6) is 0 Å². The number of carbonyl (C=O) groups excluding carboxylic acids is 1. The van der Waals surface area contributed by atoms with Crippen LogP contribution in [0.2, 0.25) is 0 Å². The topological polar surface area (TPSA) is 42.0 Å². The third kappa shape index (κ3) is 4.34. The highest BCUT2D eigenvalue weighted by Crippen LogP contribution is 2.27. The van der Waals surface area contributed by atoms with Gasteiger partial charge in [0.25, 0.3) is 5.91 Å². The van der Waals surface area contributed by atoms with Gasteiger partial charge < -0.3 is 5.32 Å². The summed E-state index contributed by atoms with van der Waals surface area (Å²) >= 11 is 0. The first-order valence-electron chi connectivity index (χ1n) is 7.62. The van der Waals surface area contributed by atoms with Gasteiger partial charge in [0.15, 0.2) is 0 Å². The number of alkyl halides is 3. The number of halogens is 3. The van der Waals surface area contributed by atoms with Crippen LogP contribution in [0.4, 0.5) is 13.2 Å². The summed E-state index contributed by atoms with van der Waals surface area (Å²) in [6.07, 6.45) is -3.58. The van der Waals surface area contributed by atoms with E-state index in [1.165, 1.54) is 5.56 Å². The molecule has 1 aromatic heterocycles. The number of pyridine rings is 1. The predicted molar refractivity (Wildman–Crippen MR) is 85.7 cm³/mol. The van der Waals surface area contributed by atoms with Crippen molar-refractivity contribution >= 4 is 5.91 Å². The second-order valence-corrected chi connectivity index (χ2v) is 5.95. The first-order valence-corrected chi connectivity index (χ1v) is 7.62. The van der Waals surface area contributed by atoms with Gasteiger partial charge in [-0.05, 0) is 36.1 Å². The smallest absolute Gasteiger partial charge is 0.345 e. The lowest BCUT2D eigenvalue weighted by atomic mass is 9.99. The van der Waals surface area contributed by atoms with Crippen LogP contribution in [0.1, 0.15) is 59.9 Å². The molecule has 2 aromatic rings. The van der Waals surface area contributed by atoms with Crippen molar-refractivity contribution in [1.29, 1.82) is 0 Å². The molecule has 1 atom stereocenters. The Labute approximate surface area is 138 Å². The lowest BCUT2D eigenvalue weighted by Gasteiger charge is -2.16. The van der Waals surface area contributed by atoms with Crippen molar-refractivity contribution in [3.05, 3.63) is 65.0 Å². The molecule has 0 saturated carbocycles. The van der Waals surface area contributed by atoms with Gasteiger partial charge in [-0.1, -0.05) is 38.1 Å². The molecule has 2 rings (SSSR count). The fourth-order valence-corrected chi connectivity index (χ4v) is 2.23. The van der Waals surface area contributed by atoms with E-state index in [0.717, 1.165) is 23.9 Å². The molecule has 1 N–H and O–H groups in total. The summed E-state index contributed by atoms with van der Waals surface area (Å²) in [6, 6.07) is 9.54. The summed E-state index contributed by atoms with van der Waals surface area (Å²) in [7, 11) is 0. The van der Waals surface area contributed by atoms with Crippen LogP contribution in [-0.4, -0.2) is 10.9 Å². The Morgan fingerprint density at radius 3 is 2.04 bits per heavy atom. The Morgan fingerprint density at radius 1 is 1.00 bits per heavy atom. The van der Waals surface area contributed by atoms with Crippen molar-refractivity contribution in [2.45, 2.75) is 38.9 Å². The summed E-state index contributed by atoms with van der Waals surface area (Å²) in [5, 5.41) is 2.76. The lowest BCUT2D eigenvalue weighted by molar-refractivity contribution is -0.141. The van der Waals surface area contributed by atoms with Crippen molar-refractivity contribution in [1.82, 2.24) is 10.3 Å². The molecule has 0 aliphatic carbocycles. The fraction of sp³-hybridized carbons (Fsp3) is 0.333. The average molecular weight is 336 g/mol. The molecule has 0 radical (unpaired) electrons. The molecule has 0 saturated heterocycles. The molecule has 1 unspecified atom stereocenters. The van der Waals surface area contributed by atoms with Gasteiger partial charge in [0.05, 0.1) is 11.6 Å². The molecule has 6 heteroatoms. The number of benzene rings is 1. The van der Waals surface area contributed by atoms with Crippen LogP contribution in [0, 0.1) is 0 Å². The molecule has 128 valence electrons. The van der Waals surface area contributed by atoms with Crippen molar-refractivity contribution in [3.63, 3.8) is 0 Å². The highest BCUT2D eigenvalue weighted by Gasteiger charge is 2.32. The zero-order chi connectivity index (χ0) is 17.9. The molecule has 1 amide bonds. The van der Waals surface area contributed by atoms with Crippen LogP contribution >= 0.6 is 0 Å². The van der Waals surface area contributed by atoms with Gasteiger partial charge >= 0.3 is 6.18 Å². The van der Waals surface area contributed by atoms with Gasteiger partial charge in [-0.15, -0.1) is 0 Å². The molecule has 3 nitrogen and oxygen atoms in total. The third-order valence-corrected chi connectivity index (χ3v) is 3.77. The second kappa shape index (κ2) is 7.03. The molecule has 0 fully saturated rings. The van der Waals surface area contributed by atoms with Gasteiger partial charge in [-0.3, -0.25) is 9.78 Å². The van der Waals surface area contributed by atoms with E-state index in [0.29, 0.717) is 5.92 Å². The standard InChI is InChI=1S/C18H19F3N2O/c1-11(2)13-4-6-14(7-5-13)12(3)23-17(24)15-8-9-16(22-10-15)18(19,20)21/h4-12H,1-3H3,(H,23,24). The highest BCUT2D eigenvalue weighted by molar-refractivity contribution is 5.94. The number of nitrogens with one attached hydrogen (secondary N) is 1. The minimum atomic E-state index is -4.51. The van der Waals surface area contributed by atoms with E-state index in [4.69, 9.17) is 0 Å². The van der Waals surface area contributed by atoms with Crippen molar-refractivity contribution in [3.8, 4) is 0 Å². The zero-order valence-electron chi connectivity index (χ0n) is 13.7. The lowest BCUT2D eigenvalue weighted by Crippen LogP contribution is -2.27. The Morgan fingerprint density at radius 2 is 1.58 bits per heavy atom. The first kappa shape index (κ1) is 18.0. The summed E-state index contributed by atoms with van der Waals surface area (Å²) < 4.78 is 37.4. The summed E-state index contributed by atoms with van der Waals surface area (Å²) in [4.78, 5) is 15.4. The van der Waals surface area contributed by atoms with Gasteiger partial charge in [-0.25, -0.2) is 0 Å². The van der Waals surface area contributed by atoms with E-state index in [9.17, 15) is 18.0 Å². The molecule has 0 aliphatic heterocycles. The molecule has 24 heavy (non-hydrogen) atoms. The summed E-state index contributed by atoms with van der Waals surface area (Å²) in [6.45, 7) is 6.01. The van der Waals surface area contributed by atoms with E-state index in [1.54, 1.807) is 0 Å². The van der Waals surface area contributed by atoms with Crippen LogP contribution < -0.4 is 5.32 Å². The number of nitrogens with zero attached hydrogens (tertiary/aromatic N) is 1. The van der Waals surface area contributed by atoms with Gasteiger partial charge in [0.2, 0.25) is 0 Å². The molecule has 0 aliphatic rings. The van der Waals surface area contributed by atoms with Gasteiger partial charge in [0, 0.05) is 6.20 Å². The first-order chi connectivity index (χ1) is 11.2. The molecule has 0 bridgehead atoms. The number of hydrogen-bond donors (Lipinski definition) is 1. The van der Waals surface area contributed by atoms with Crippen LogP contribution in [0.3, 0.4) is 0 Å². The summed E-state index contributed by atoms with van der Waals surface area (Å²) in [5.41, 5.74) is 1.20. The number of aromatic nitrogens is 1. The minimum Gasteiger partial charge on any atom is -0.345 e. The monoisotopic (exact) mass is 336 g/mol. The Balaban J connectivity index is 2.05.